The largest absolute Gasteiger partial charge is 0.296 e. The van der Waals surface area contributed by atoms with Crippen molar-refractivity contribution in [3.05, 3.63) is 59.7 Å². The van der Waals surface area contributed by atoms with Crippen LogP contribution in [0, 0.1) is 13.8 Å². The lowest BCUT2D eigenvalue weighted by atomic mass is 10.2. The third-order valence-corrected chi connectivity index (χ3v) is 8.14. The van der Waals surface area contributed by atoms with Crippen LogP contribution in [0.25, 0.3) is 0 Å². The minimum Gasteiger partial charge on any atom is -0.266 e. The van der Waals surface area contributed by atoms with Crippen LogP contribution < -0.4 is 0 Å². The van der Waals surface area contributed by atoms with Crippen LogP contribution >= 0.6 is 0 Å². The second-order valence-corrected chi connectivity index (χ2v) is 10.6. The summed E-state index contributed by atoms with van der Waals surface area (Å²) in [6, 6.07) is 13.1. The monoisotopic (exact) mass is 423 g/mol. The molecular weight excluding hydrogens is 398 g/mol. The van der Waals surface area contributed by atoms with Gasteiger partial charge in [-0.05, 0) is 68.5 Å². The van der Waals surface area contributed by atoms with Crippen molar-refractivity contribution in [2.24, 2.45) is 0 Å². The average Bonchev–Trinajstić information content (AvgIpc) is 3.11. The molecule has 1 aliphatic heterocycles. The maximum Gasteiger partial charge on any atom is 0.296 e. The fraction of sp³-hybridized carbons (Fsp3) is 0.400. The average molecular weight is 424 g/mol. The van der Waals surface area contributed by atoms with Crippen LogP contribution in [0.4, 0.5) is 0 Å². The summed E-state index contributed by atoms with van der Waals surface area (Å²) in [5.74, 6) is 0. The maximum atomic E-state index is 13.0. The molecule has 0 radical (unpaired) electrons. The molecule has 1 fully saturated rings. The molecule has 0 spiro atoms. The Labute approximate surface area is 167 Å². The Bertz CT molecular complexity index is 1050. The van der Waals surface area contributed by atoms with Gasteiger partial charge in [0, 0.05) is 12.6 Å². The molecule has 6 nitrogen and oxygen atoms in total. The van der Waals surface area contributed by atoms with Gasteiger partial charge in [-0.25, -0.2) is 8.42 Å². The zero-order valence-corrected chi connectivity index (χ0v) is 17.7. The number of hydrogen-bond acceptors (Lipinski definition) is 5. The Kier molecular flexibility index (Phi) is 6.24. The van der Waals surface area contributed by atoms with E-state index in [9.17, 15) is 16.8 Å². The second kappa shape index (κ2) is 8.32. The van der Waals surface area contributed by atoms with Crippen molar-refractivity contribution in [1.82, 2.24) is 4.31 Å². The fourth-order valence-electron chi connectivity index (χ4n) is 3.46. The van der Waals surface area contributed by atoms with Gasteiger partial charge < -0.3 is 0 Å². The zero-order valence-electron chi connectivity index (χ0n) is 16.0. The van der Waals surface area contributed by atoms with E-state index in [4.69, 9.17) is 4.18 Å². The van der Waals surface area contributed by atoms with E-state index in [0.29, 0.717) is 19.4 Å². The van der Waals surface area contributed by atoms with Crippen molar-refractivity contribution in [1.29, 1.82) is 0 Å². The Hall–Kier alpha value is -1.74. The van der Waals surface area contributed by atoms with E-state index in [1.165, 1.54) is 10.4 Å². The fourth-order valence-corrected chi connectivity index (χ4v) is 6.31. The first-order valence-electron chi connectivity index (χ1n) is 9.25. The van der Waals surface area contributed by atoms with Crippen LogP contribution in [0.2, 0.25) is 0 Å². The summed E-state index contributed by atoms with van der Waals surface area (Å²) >= 11 is 0. The van der Waals surface area contributed by atoms with Crippen molar-refractivity contribution >= 4 is 20.1 Å². The zero-order chi connectivity index (χ0) is 20.4. The lowest BCUT2D eigenvalue weighted by Crippen LogP contribution is -2.36. The highest BCUT2D eigenvalue weighted by Gasteiger charge is 2.35. The van der Waals surface area contributed by atoms with Crippen LogP contribution in [-0.2, 0) is 24.3 Å². The third-order valence-electron chi connectivity index (χ3n) is 4.89. The van der Waals surface area contributed by atoms with Crippen molar-refractivity contribution in [2.45, 2.75) is 48.9 Å². The molecule has 152 valence electrons. The molecule has 2 aromatic carbocycles. The van der Waals surface area contributed by atoms with E-state index in [0.717, 1.165) is 17.5 Å². The number of hydrogen-bond donors (Lipinski definition) is 0. The molecule has 1 saturated heterocycles. The minimum atomic E-state index is -3.85. The van der Waals surface area contributed by atoms with Gasteiger partial charge in [0.1, 0.15) is 0 Å². The first kappa shape index (κ1) is 21.0. The summed E-state index contributed by atoms with van der Waals surface area (Å²) in [5, 5.41) is 0. The summed E-state index contributed by atoms with van der Waals surface area (Å²) in [5.41, 5.74) is 1.71. The van der Waals surface area contributed by atoms with E-state index < -0.39 is 20.1 Å². The molecule has 0 amide bonds. The van der Waals surface area contributed by atoms with Gasteiger partial charge in [-0.15, -0.1) is 0 Å². The molecule has 0 aromatic heterocycles. The number of rotatable bonds is 7. The van der Waals surface area contributed by atoms with E-state index in [1.807, 2.05) is 26.0 Å². The molecule has 28 heavy (non-hydrogen) atoms. The Morgan fingerprint density at radius 2 is 1.57 bits per heavy atom. The van der Waals surface area contributed by atoms with Gasteiger partial charge in [-0.2, -0.15) is 12.7 Å². The molecular formula is C20H25NO5S2. The number of aryl methyl sites for hydroxylation is 2. The first-order chi connectivity index (χ1) is 13.2. The summed E-state index contributed by atoms with van der Waals surface area (Å²) in [7, 11) is -7.46. The molecule has 1 heterocycles. The van der Waals surface area contributed by atoms with Gasteiger partial charge in [0.15, 0.2) is 0 Å². The Morgan fingerprint density at radius 3 is 2.21 bits per heavy atom. The Morgan fingerprint density at radius 1 is 0.964 bits per heavy atom. The van der Waals surface area contributed by atoms with Gasteiger partial charge in [0.05, 0.1) is 16.4 Å². The number of benzene rings is 2. The molecule has 3 rings (SSSR count). The van der Waals surface area contributed by atoms with E-state index in [1.54, 1.807) is 30.3 Å². The maximum absolute atomic E-state index is 13.0. The van der Waals surface area contributed by atoms with Crippen LogP contribution in [0.5, 0.6) is 0 Å². The predicted octanol–water partition coefficient (Wildman–Crippen LogP) is 3.25. The van der Waals surface area contributed by atoms with Gasteiger partial charge in [0.2, 0.25) is 10.0 Å². The molecule has 2 aromatic rings. The Balaban J connectivity index is 1.67. The highest BCUT2D eigenvalue weighted by atomic mass is 32.2. The molecule has 0 saturated carbocycles. The summed E-state index contributed by atoms with van der Waals surface area (Å²) in [4.78, 5) is 0.385. The van der Waals surface area contributed by atoms with Crippen LogP contribution in [0.15, 0.2) is 58.3 Å². The van der Waals surface area contributed by atoms with Crippen molar-refractivity contribution in [3.63, 3.8) is 0 Å². The molecule has 1 aliphatic rings. The van der Waals surface area contributed by atoms with Gasteiger partial charge in [0.25, 0.3) is 10.1 Å². The standard InChI is InChI=1S/C20H25NO5S2/c1-16-6-3-9-19(14-16)27(22,23)21-12-5-8-18(21)11-13-26-28(24,25)20-10-4-7-17(2)15-20/h3-4,6-7,9-10,14-15,18H,5,8,11-13H2,1-2H3. The van der Waals surface area contributed by atoms with Gasteiger partial charge in [-0.3, -0.25) is 4.18 Å². The summed E-state index contributed by atoms with van der Waals surface area (Å²) in [6.07, 6.45) is 1.77. The SMILES string of the molecule is Cc1cccc(S(=O)(=O)OCCC2CCCN2S(=O)(=O)c2cccc(C)c2)c1. The second-order valence-electron chi connectivity index (χ2n) is 7.11. The molecule has 0 N–H and O–H groups in total. The lowest BCUT2D eigenvalue weighted by molar-refractivity contribution is 0.268. The highest BCUT2D eigenvalue weighted by Crippen LogP contribution is 2.28. The quantitative estimate of drug-likeness (QED) is 0.639. The van der Waals surface area contributed by atoms with Crippen LogP contribution in [-0.4, -0.2) is 40.3 Å². The summed E-state index contributed by atoms with van der Waals surface area (Å²) in [6.45, 7) is 4.04. The molecule has 1 atom stereocenters. The van der Waals surface area contributed by atoms with Crippen LogP contribution in [0.1, 0.15) is 30.4 Å². The van der Waals surface area contributed by atoms with Gasteiger partial charge in [-0.1, -0.05) is 24.3 Å². The predicted molar refractivity (Wildman–Crippen MR) is 107 cm³/mol. The molecule has 0 aliphatic carbocycles. The van der Waals surface area contributed by atoms with E-state index >= 15 is 0 Å². The van der Waals surface area contributed by atoms with Gasteiger partial charge >= 0.3 is 0 Å². The van der Waals surface area contributed by atoms with Crippen molar-refractivity contribution in [2.75, 3.05) is 13.2 Å². The van der Waals surface area contributed by atoms with Crippen molar-refractivity contribution in [3.8, 4) is 0 Å². The lowest BCUT2D eigenvalue weighted by Gasteiger charge is -2.24. The minimum absolute atomic E-state index is 0.0548. The van der Waals surface area contributed by atoms with E-state index in [2.05, 4.69) is 0 Å². The smallest absolute Gasteiger partial charge is 0.266 e. The third kappa shape index (κ3) is 4.63. The first-order valence-corrected chi connectivity index (χ1v) is 12.1. The number of sulfonamides is 1. The topological polar surface area (TPSA) is 80.8 Å². The molecule has 1 unspecified atom stereocenters. The summed E-state index contributed by atoms with van der Waals surface area (Å²) < 4.78 is 57.3. The highest BCUT2D eigenvalue weighted by molar-refractivity contribution is 7.89. The molecule has 0 bridgehead atoms. The van der Waals surface area contributed by atoms with Crippen LogP contribution in [0.3, 0.4) is 0 Å². The normalized spacial score (nSPS) is 18.4. The number of nitrogens with zero attached hydrogens (tertiary/aromatic N) is 1. The molecule has 8 heteroatoms. The van der Waals surface area contributed by atoms with Crippen molar-refractivity contribution < 1.29 is 21.0 Å². The van der Waals surface area contributed by atoms with E-state index in [-0.39, 0.29) is 22.4 Å².